The molecule has 1 atom stereocenters. The van der Waals surface area contributed by atoms with Gasteiger partial charge in [-0.15, -0.1) is 0 Å². The molecule has 1 saturated carbocycles. The lowest BCUT2D eigenvalue weighted by atomic mass is 9.86. The second-order valence-electron chi connectivity index (χ2n) is 9.71. The van der Waals surface area contributed by atoms with Crippen molar-refractivity contribution in [2.24, 2.45) is 5.92 Å². The minimum Gasteiger partial charge on any atom is -0.466 e. The highest BCUT2D eigenvalue weighted by atomic mass is 16.6. The number of hydrogen-bond acceptors (Lipinski definition) is 6. The molecule has 1 unspecified atom stereocenters. The fraction of sp³-hybridized carbons (Fsp3) is 0.520. The van der Waals surface area contributed by atoms with E-state index in [1.807, 2.05) is 39.1 Å². The molecule has 1 fully saturated rings. The number of amides is 1. The Morgan fingerprint density at radius 1 is 1.22 bits per heavy atom. The SMILES string of the molecule is COC(=O)C1=CC(C2CC2)=C2C(C)=C(C3=CCN(C(=O)OC(C)(C)C)CC3)C=CN2C1O. The number of hydrogen-bond donors (Lipinski definition) is 1. The van der Waals surface area contributed by atoms with E-state index in [-0.39, 0.29) is 11.7 Å². The van der Waals surface area contributed by atoms with Gasteiger partial charge in [-0.05, 0) is 87.3 Å². The van der Waals surface area contributed by atoms with Gasteiger partial charge < -0.3 is 24.4 Å². The number of methoxy groups -OCH3 is 1. The third-order valence-corrected chi connectivity index (χ3v) is 6.19. The average molecular weight is 441 g/mol. The van der Waals surface area contributed by atoms with Crippen molar-refractivity contribution in [1.29, 1.82) is 0 Å². The zero-order valence-electron chi connectivity index (χ0n) is 19.5. The molecule has 0 spiro atoms. The minimum atomic E-state index is -1.07. The highest BCUT2D eigenvalue weighted by molar-refractivity contribution is 5.91. The van der Waals surface area contributed by atoms with Crippen LogP contribution in [0.15, 0.2) is 58.0 Å². The lowest BCUT2D eigenvalue weighted by Crippen LogP contribution is -2.40. The van der Waals surface area contributed by atoms with Crippen LogP contribution < -0.4 is 0 Å². The van der Waals surface area contributed by atoms with Gasteiger partial charge in [-0.25, -0.2) is 9.59 Å². The molecule has 4 aliphatic rings. The summed E-state index contributed by atoms with van der Waals surface area (Å²) in [5.74, 6) is -0.113. The Kier molecular flexibility index (Phi) is 5.79. The van der Waals surface area contributed by atoms with Crippen molar-refractivity contribution in [2.75, 3.05) is 20.2 Å². The Labute approximate surface area is 189 Å². The van der Waals surface area contributed by atoms with E-state index in [2.05, 4.69) is 13.0 Å². The van der Waals surface area contributed by atoms with E-state index < -0.39 is 17.8 Å². The molecular weight excluding hydrogens is 408 g/mol. The zero-order valence-corrected chi connectivity index (χ0v) is 19.5. The van der Waals surface area contributed by atoms with Crippen LogP contribution in [-0.2, 0) is 14.3 Å². The first-order valence-corrected chi connectivity index (χ1v) is 11.2. The number of fused-ring (bicyclic) bond motifs is 1. The number of esters is 1. The van der Waals surface area contributed by atoms with Gasteiger partial charge in [-0.2, -0.15) is 0 Å². The minimum absolute atomic E-state index is 0.268. The van der Waals surface area contributed by atoms with Crippen LogP contribution in [0.3, 0.4) is 0 Å². The van der Waals surface area contributed by atoms with Crippen LogP contribution in [0, 0.1) is 5.92 Å². The largest absolute Gasteiger partial charge is 0.466 e. The molecule has 7 nitrogen and oxygen atoms in total. The van der Waals surface area contributed by atoms with E-state index in [0.29, 0.717) is 19.0 Å². The highest BCUT2D eigenvalue weighted by Gasteiger charge is 2.39. The molecule has 0 aromatic rings. The van der Waals surface area contributed by atoms with Gasteiger partial charge in [0.25, 0.3) is 0 Å². The Balaban J connectivity index is 1.64. The Morgan fingerprint density at radius 2 is 1.94 bits per heavy atom. The van der Waals surface area contributed by atoms with Crippen molar-refractivity contribution in [3.63, 3.8) is 0 Å². The second-order valence-corrected chi connectivity index (χ2v) is 9.71. The van der Waals surface area contributed by atoms with Gasteiger partial charge in [-0.3, -0.25) is 0 Å². The maximum atomic E-state index is 12.4. The summed E-state index contributed by atoms with van der Waals surface area (Å²) in [4.78, 5) is 28.1. The highest BCUT2D eigenvalue weighted by Crippen LogP contribution is 2.46. The first-order chi connectivity index (χ1) is 15.1. The summed E-state index contributed by atoms with van der Waals surface area (Å²) < 4.78 is 10.4. The molecule has 3 aliphatic heterocycles. The molecule has 1 N–H and O–H groups in total. The van der Waals surface area contributed by atoms with Gasteiger partial charge in [0, 0.05) is 19.3 Å². The zero-order chi connectivity index (χ0) is 23.2. The second kappa shape index (κ2) is 8.28. The van der Waals surface area contributed by atoms with Gasteiger partial charge in [0.2, 0.25) is 0 Å². The van der Waals surface area contributed by atoms with E-state index in [1.165, 1.54) is 12.7 Å². The quantitative estimate of drug-likeness (QED) is 0.673. The topological polar surface area (TPSA) is 79.3 Å². The predicted octanol–water partition coefficient (Wildman–Crippen LogP) is 3.79. The third kappa shape index (κ3) is 4.26. The van der Waals surface area contributed by atoms with E-state index >= 15 is 0 Å². The summed E-state index contributed by atoms with van der Waals surface area (Å²) in [6.45, 7) is 8.77. The molecule has 4 rings (SSSR count). The fourth-order valence-corrected chi connectivity index (χ4v) is 4.45. The maximum Gasteiger partial charge on any atom is 0.410 e. The van der Waals surface area contributed by atoms with Gasteiger partial charge in [0.15, 0.2) is 6.23 Å². The molecule has 32 heavy (non-hydrogen) atoms. The smallest absolute Gasteiger partial charge is 0.410 e. The number of rotatable bonds is 3. The van der Waals surface area contributed by atoms with Crippen LogP contribution in [-0.4, -0.2) is 59.0 Å². The number of ether oxygens (including phenoxy) is 2. The number of allylic oxidation sites excluding steroid dienone is 5. The number of aliphatic hydroxyl groups excluding tert-OH is 1. The first kappa shape index (κ1) is 22.4. The lowest BCUT2D eigenvalue weighted by Gasteiger charge is -2.39. The molecular formula is C25H32N2O5. The summed E-state index contributed by atoms with van der Waals surface area (Å²) >= 11 is 0. The maximum absolute atomic E-state index is 12.4. The first-order valence-electron chi connectivity index (χ1n) is 11.2. The third-order valence-electron chi connectivity index (χ3n) is 6.19. The van der Waals surface area contributed by atoms with Crippen molar-refractivity contribution in [2.45, 2.75) is 58.8 Å². The van der Waals surface area contributed by atoms with Crippen molar-refractivity contribution in [1.82, 2.24) is 9.80 Å². The van der Waals surface area contributed by atoms with Crippen LogP contribution >= 0.6 is 0 Å². The summed E-state index contributed by atoms with van der Waals surface area (Å²) in [5, 5.41) is 10.9. The molecule has 0 radical (unpaired) electrons. The van der Waals surface area contributed by atoms with E-state index in [0.717, 1.165) is 41.7 Å². The predicted molar refractivity (Wildman–Crippen MR) is 120 cm³/mol. The Morgan fingerprint density at radius 3 is 2.50 bits per heavy atom. The van der Waals surface area contributed by atoms with Crippen LogP contribution in [0.4, 0.5) is 4.79 Å². The molecule has 3 heterocycles. The number of aliphatic hydroxyl groups is 1. The van der Waals surface area contributed by atoms with Crippen molar-refractivity contribution in [3.05, 3.63) is 58.0 Å². The standard InChI is InChI=1S/C25H32N2O5/c1-15-18(17-8-11-26(12-9-17)24(30)32-25(2,3)4)10-13-27-21(15)19(16-6-7-16)14-20(22(27)28)23(29)31-5/h8,10,13-14,16,22,28H,6-7,9,11-12H2,1-5H3. The molecule has 1 aliphatic carbocycles. The fourth-order valence-electron chi connectivity index (χ4n) is 4.45. The van der Waals surface area contributed by atoms with Crippen LogP contribution in [0.5, 0.6) is 0 Å². The molecule has 1 amide bonds. The van der Waals surface area contributed by atoms with Crippen LogP contribution in [0.1, 0.15) is 47.0 Å². The van der Waals surface area contributed by atoms with Crippen molar-refractivity contribution < 1.29 is 24.2 Å². The average Bonchev–Trinajstić information content (AvgIpc) is 3.58. The molecule has 7 heteroatoms. The number of carbonyl (C=O) groups excluding carboxylic acids is 2. The monoisotopic (exact) mass is 440 g/mol. The van der Waals surface area contributed by atoms with E-state index in [1.54, 1.807) is 9.80 Å². The van der Waals surface area contributed by atoms with Gasteiger partial charge in [0.1, 0.15) is 5.60 Å². The van der Waals surface area contributed by atoms with E-state index in [4.69, 9.17) is 9.47 Å². The number of carbonyl (C=O) groups is 2. The lowest BCUT2D eigenvalue weighted by molar-refractivity contribution is -0.138. The Hall–Kier alpha value is -2.80. The van der Waals surface area contributed by atoms with Gasteiger partial charge in [0.05, 0.1) is 18.4 Å². The number of nitrogens with zero attached hydrogens (tertiary/aromatic N) is 2. The van der Waals surface area contributed by atoms with Gasteiger partial charge in [-0.1, -0.05) is 6.08 Å². The summed E-state index contributed by atoms with van der Waals surface area (Å²) in [7, 11) is 1.33. The van der Waals surface area contributed by atoms with Crippen molar-refractivity contribution >= 4 is 12.1 Å². The van der Waals surface area contributed by atoms with E-state index in [9.17, 15) is 14.7 Å². The molecule has 0 bridgehead atoms. The molecule has 0 saturated heterocycles. The van der Waals surface area contributed by atoms with Gasteiger partial charge >= 0.3 is 12.1 Å². The summed E-state index contributed by atoms with van der Waals surface area (Å²) in [5.41, 5.74) is 5.18. The molecule has 0 aromatic heterocycles. The molecule has 0 aromatic carbocycles. The summed E-state index contributed by atoms with van der Waals surface area (Å²) in [6, 6.07) is 0. The normalized spacial score (nSPS) is 23.6. The van der Waals surface area contributed by atoms with Crippen LogP contribution in [0.2, 0.25) is 0 Å². The Bertz CT molecular complexity index is 988. The molecule has 172 valence electrons. The summed E-state index contributed by atoms with van der Waals surface area (Å²) in [6.07, 6.45) is 9.26. The van der Waals surface area contributed by atoms with Crippen molar-refractivity contribution in [3.8, 4) is 0 Å². The van der Waals surface area contributed by atoms with Crippen LogP contribution in [0.25, 0.3) is 0 Å².